The molecule has 4 heterocycles. The summed E-state index contributed by atoms with van der Waals surface area (Å²) in [5.74, 6) is -1.92. The summed E-state index contributed by atoms with van der Waals surface area (Å²) < 4.78 is 28.1. The number of carboxylic acids is 2. The molecule has 6 rings (SSSR count). The number of H-pyrrole nitrogens is 2. The number of aliphatic hydroxyl groups is 3. The molecule has 0 spiro atoms. The minimum atomic E-state index is -0.872. The molecule has 2 aromatic heterocycles. The van der Waals surface area contributed by atoms with Crippen LogP contribution in [-0.2, 0) is 33.3 Å². The fraction of sp³-hybridized carbons (Fsp3) is 0.583. The maximum atomic E-state index is 12.7. The molecule has 65 heavy (non-hydrogen) atoms. The van der Waals surface area contributed by atoms with E-state index in [1.807, 2.05) is 55.5 Å². The highest BCUT2D eigenvalue weighted by Crippen LogP contribution is 2.27. The number of para-hydroxylation sites is 2. The Morgan fingerprint density at radius 3 is 1.54 bits per heavy atom. The van der Waals surface area contributed by atoms with Crippen molar-refractivity contribution in [1.82, 2.24) is 9.97 Å². The van der Waals surface area contributed by atoms with Gasteiger partial charge >= 0.3 is 17.9 Å². The molecule has 16 nitrogen and oxygen atoms in total. The standard InChI is InChI=1S/C24H33NO7.C15H28O6.C9H6ClNO/c1-16-21(32-23(29)18-15-25-19-11-8-7-10-17(18)19)14-20(26)24(31-16)30-13-9-5-3-2-4-6-12-22(27)28;1-11-12(16)10-13(17)15(21-11)20-9-7-5-3-2-4-6-8-14(18)19;10-9(12)7-5-11-8-4-2-1-3-6(7)8/h7-8,10-11,15-16,20-21,24-26H,2-6,9,12-14H2,1H3,(H,27,28);11-13,15-17H,2-10H2,1H3,(H,18,19);1-5,11H/t16?,20?,21-,24-;11?,12-,13?,15-;/m11./s1. The van der Waals surface area contributed by atoms with Gasteiger partial charge in [-0.15, -0.1) is 0 Å². The molecule has 8 atom stereocenters. The second kappa shape index (κ2) is 28.6. The molecule has 2 aliphatic heterocycles. The first-order valence-electron chi connectivity index (χ1n) is 22.8. The Hall–Kier alpha value is -4.39. The Morgan fingerprint density at radius 1 is 0.600 bits per heavy atom. The van der Waals surface area contributed by atoms with Gasteiger partial charge < -0.3 is 59.2 Å². The average molecular weight is 932 g/mol. The van der Waals surface area contributed by atoms with Crippen LogP contribution in [0.4, 0.5) is 0 Å². The van der Waals surface area contributed by atoms with Crippen molar-refractivity contribution in [2.75, 3.05) is 13.2 Å². The van der Waals surface area contributed by atoms with Crippen molar-refractivity contribution in [3.63, 3.8) is 0 Å². The molecule has 0 saturated carbocycles. The zero-order chi connectivity index (χ0) is 47.1. The van der Waals surface area contributed by atoms with Gasteiger partial charge in [-0.25, -0.2) is 4.79 Å². The van der Waals surface area contributed by atoms with Crippen molar-refractivity contribution in [2.24, 2.45) is 0 Å². The lowest BCUT2D eigenvalue weighted by Gasteiger charge is -2.37. The second-order valence-electron chi connectivity index (χ2n) is 16.6. The monoisotopic (exact) mass is 930 g/mol. The molecule has 17 heteroatoms. The van der Waals surface area contributed by atoms with Crippen molar-refractivity contribution in [3.8, 4) is 0 Å². The number of carboxylic acid groups (broad SMARTS) is 2. The van der Waals surface area contributed by atoms with Gasteiger partial charge in [0.15, 0.2) is 12.6 Å². The lowest BCUT2D eigenvalue weighted by Crippen LogP contribution is -2.48. The number of aromatic amines is 2. The van der Waals surface area contributed by atoms with E-state index < -0.39 is 66.3 Å². The molecule has 2 fully saturated rings. The van der Waals surface area contributed by atoms with E-state index in [4.69, 9.17) is 45.5 Å². The Balaban J connectivity index is 0.000000238. The zero-order valence-corrected chi connectivity index (χ0v) is 38.2. The van der Waals surface area contributed by atoms with Crippen molar-refractivity contribution >= 4 is 56.6 Å². The largest absolute Gasteiger partial charge is 0.481 e. The van der Waals surface area contributed by atoms with Crippen LogP contribution in [0.5, 0.6) is 0 Å². The number of carbonyl (C=O) groups is 4. The summed E-state index contributed by atoms with van der Waals surface area (Å²) in [6, 6.07) is 15.1. The highest BCUT2D eigenvalue weighted by atomic mass is 35.5. The first kappa shape index (κ1) is 53.2. The normalized spacial score (nSPS) is 22.9. The fourth-order valence-corrected chi connectivity index (χ4v) is 7.72. The molecule has 4 unspecified atom stereocenters. The number of halogens is 1. The summed E-state index contributed by atoms with van der Waals surface area (Å²) in [6.45, 7) is 4.58. The summed E-state index contributed by atoms with van der Waals surface area (Å²) >= 11 is 5.36. The quantitative estimate of drug-likeness (QED) is 0.0210. The molecule has 360 valence electrons. The van der Waals surface area contributed by atoms with Crippen LogP contribution in [0.1, 0.15) is 137 Å². The van der Waals surface area contributed by atoms with Crippen LogP contribution in [0.25, 0.3) is 21.8 Å². The van der Waals surface area contributed by atoms with Gasteiger partial charge in [0.25, 0.3) is 5.24 Å². The van der Waals surface area contributed by atoms with Crippen molar-refractivity contribution in [2.45, 2.75) is 166 Å². The highest BCUT2D eigenvalue weighted by molar-refractivity contribution is 6.68. The number of benzene rings is 2. The van der Waals surface area contributed by atoms with Gasteiger partial charge in [-0.1, -0.05) is 87.8 Å². The first-order chi connectivity index (χ1) is 31.2. The van der Waals surface area contributed by atoms with E-state index in [0.717, 1.165) is 98.9 Å². The van der Waals surface area contributed by atoms with Crippen molar-refractivity contribution < 1.29 is 68.4 Å². The van der Waals surface area contributed by atoms with E-state index in [9.17, 15) is 34.5 Å². The van der Waals surface area contributed by atoms with E-state index in [0.29, 0.717) is 24.3 Å². The number of ether oxygens (including phenoxy) is 5. The topological polar surface area (TPSA) is 247 Å². The van der Waals surface area contributed by atoms with E-state index in [-0.39, 0.29) is 31.8 Å². The van der Waals surface area contributed by atoms with E-state index in [2.05, 4.69) is 9.97 Å². The molecule has 2 aromatic carbocycles. The van der Waals surface area contributed by atoms with E-state index in [1.165, 1.54) is 0 Å². The number of hydrogen-bond donors (Lipinski definition) is 7. The number of fused-ring (bicyclic) bond motifs is 2. The van der Waals surface area contributed by atoms with Crippen molar-refractivity contribution in [3.05, 3.63) is 72.1 Å². The number of aromatic nitrogens is 2. The van der Waals surface area contributed by atoms with Crippen LogP contribution in [0.15, 0.2) is 60.9 Å². The maximum Gasteiger partial charge on any atom is 0.340 e. The van der Waals surface area contributed by atoms with Crippen molar-refractivity contribution in [1.29, 1.82) is 0 Å². The fourth-order valence-electron chi connectivity index (χ4n) is 7.56. The minimum Gasteiger partial charge on any atom is -0.481 e. The number of nitrogens with one attached hydrogen (secondary N) is 2. The average Bonchev–Trinajstić information content (AvgIpc) is 3.91. The van der Waals surface area contributed by atoms with Crippen LogP contribution in [0.2, 0.25) is 0 Å². The number of unbranched alkanes of at least 4 members (excludes halogenated alkanes) is 10. The number of aliphatic carboxylic acids is 2. The molecular formula is C48H67ClN2O14. The van der Waals surface area contributed by atoms with Gasteiger partial charge in [0.1, 0.15) is 18.3 Å². The molecular weight excluding hydrogens is 864 g/mol. The molecule has 4 aromatic rings. The third kappa shape index (κ3) is 18.4. The van der Waals surface area contributed by atoms with Crippen LogP contribution >= 0.6 is 11.6 Å². The van der Waals surface area contributed by atoms with Gasteiger partial charge in [-0.3, -0.25) is 14.4 Å². The van der Waals surface area contributed by atoms with Gasteiger partial charge in [-0.05, 0) is 63.3 Å². The third-order valence-corrected chi connectivity index (χ3v) is 11.6. The van der Waals surface area contributed by atoms with Crippen LogP contribution in [-0.4, -0.2) is 121 Å². The van der Waals surface area contributed by atoms with Gasteiger partial charge in [0.05, 0.1) is 29.4 Å². The number of aliphatic hydroxyl groups excluding tert-OH is 3. The molecule has 0 radical (unpaired) electrons. The van der Waals surface area contributed by atoms with E-state index in [1.54, 1.807) is 19.3 Å². The number of rotatable bonds is 23. The van der Waals surface area contributed by atoms with Gasteiger partial charge in [0, 0.05) is 73.1 Å². The summed E-state index contributed by atoms with van der Waals surface area (Å²) in [7, 11) is 0. The minimum absolute atomic E-state index is 0.232. The first-order valence-corrected chi connectivity index (χ1v) is 23.2. The third-order valence-electron chi connectivity index (χ3n) is 11.4. The van der Waals surface area contributed by atoms with Gasteiger partial charge in [-0.2, -0.15) is 0 Å². The molecule has 7 N–H and O–H groups in total. The lowest BCUT2D eigenvalue weighted by molar-refractivity contribution is -0.261. The summed E-state index contributed by atoms with van der Waals surface area (Å²) in [5.41, 5.74) is 2.79. The maximum absolute atomic E-state index is 12.7. The lowest BCUT2D eigenvalue weighted by atomic mass is 10.0. The Bertz CT molecular complexity index is 2040. The van der Waals surface area contributed by atoms with Crippen LogP contribution in [0.3, 0.4) is 0 Å². The highest BCUT2D eigenvalue weighted by Gasteiger charge is 2.38. The molecule has 0 amide bonds. The zero-order valence-electron chi connectivity index (χ0n) is 37.4. The van der Waals surface area contributed by atoms with Crippen LogP contribution in [0, 0.1) is 0 Å². The van der Waals surface area contributed by atoms with Crippen LogP contribution < -0.4 is 0 Å². The SMILES string of the molecule is CC1O[C@@H](OCCCCCCCCC(=O)O)C(O)C[C@H]1O.CC1O[C@@H](OCCCCCCCCC(=O)O)C(O)C[C@H]1OC(=O)c1c[nH]c2ccccc12.O=C(Cl)c1c[nH]c2ccccc12. The Kier molecular flexibility index (Phi) is 23.4. The van der Waals surface area contributed by atoms with E-state index >= 15 is 0 Å². The predicted octanol–water partition coefficient (Wildman–Crippen LogP) is 8.24. The molecule has 2 saturated heterocycles. The second-order valence-corrected chi connectivity index (χ2v) is 16.9. The Labute approximate surface area is 384 Å². The smallest absolute Gasteiger partial charge is 0.340 e. The summed E-state index contributed by atoms with van der Waals surface area (Å²) in [4.78, 5) is 50.3. The number of carbonyl (C=O) groups excluding carboxylic acids is 2. The van der Waals surface area contributed by atoms with Gasteiger partial charge in [0.2, 0.25) is 0 Å². The molecule has 0 bridgehead atoms. The summed E-state index contributed by atoms with van der Waals surface area (Å²) in [6.07, 6.45) is 10.6. The summed E-state index contributed by atoms with van der Waals surface area (Å²) in [5, 5.41) is 48.1. The number of hydrogen-bond acceptors (Lipinski definition) is 12. The predicted molar refractivity (Wildman–Crippen MR) is 244 cm³/mol. The molecule has 0 aliphatic carbocycles. The Morgan fingerprint density at radius 2 is 1.03 bits per heavy atom. The number of esters is 1. The molecule has 2 aliphatic rings.